The summed E-state index contributed by atoms with van der Waals surface area (Å²) in [5.74, 6) is -0.492. The van der Waals surface area contributed by atoms with Gasteiger partial charge in [-0.1, -0.05) is 67.1 Å². The maximum Gasteiger partial charge on any atom is 0.257 e. The fraction of sp³-hybridized carbons (Fsp3) is 0.211. The van der Waals surface area contributed by atoms with E-state index < -0.39 is 15.9 Å². The van der Waals surface area contributed by atoms with Crippen LogP contribution in [-0.4, -0.2) is 41.9 Å². The van der Waals surface area contributed by atoms with Crippen LogP contribution < -0.4 is 5.32 Å². The second kappa shape index (κ2) is 9.00. The van der Waals surface area contributed by atoms with Gasteiger partial charge in [-0.25, -0.2) is 8.42 Å². The van der Waals surface area contributed by atoms with Gasteiger partial charge >= 0.3 is 0 Å². The minimum absolute atomic E-state index is 0.0655. The molecule has 1 amide bonds. The zero-order valence-corrected chi connectivity index (χ0v) is 18.2. The molecule has 0 saturated heterocycles. The van der Waals surface area contributed by atoms with Crippen LogP contribution in [0.3, 0.4) is 0 Å². The van der Waals surface area contributed by atoms with Crippen LogP contribution in [-0.2, 0) is 10.0 Å². The molecule has 0 bridgehead atoms. The van der Waals surface area contributed by atoms with Gasteiger partial charge in [0, 0.05) is 24.2 Å². The molecule has 1 aromatic heterocycles. The second-order valence-electron chi connectivity index (χ2n) is 5.97. The Labute approximate surface area is 178 Å². The molecular formula is C19H19ClN4O3S2. The molecule has 0 atom stereocenters. The van der Waals surface area contributed by atoms with Crippen molar-refractivity contribution >= 4 is 44.0 Å². The van der Waals surface area contributed by atoms with Crippen LogP contribution in [0.25, 0.3) is 10.6 Å². The molecule has 0 aliphatic carbocycles. The lowest BCUT2D eigenvalue weighted by Gasteiger charge is -2.19. The van der Waals surface area contributed by atoms with Gasteiger partial charge < -0.3 is 0 Å². The third-order valence-corrected chi connectivity index (χ3v) is 7.60. The van der Waals surface area contributed by atoms with Crippen molar-refractivity contribution in [2.24, 2.45) is 0 Å². The predicted octanol–water partition coefficient (Wildman–Crippen LogP) is 4.14. The molecule has 3 aromatic rings. The Balaban J connectivity index is 1.85. The Morgan fingerprint density at radius 1 is 1.10 bits per heavy atom. The molecule has 0 aliphatic heterocycles. The van der Waals surface area contributed by atoms with E-state index in [-0.39, 0.29) is 15.5 Å². The van der Waals surface area contributed by atoms with Crippen LogP contribution in [0.5, 0.6) is 0 Å². The maximum absolute atomic E-state index is 12.8. The van der Waals surface area contributed by atoms with Gasteiger partial charge in [-0.05, 0) is 18.2 Å². The van der Waals surface area contributed by atoms with Gasteiger partial charge in [0.15, 0.2) is 0 Å². The SMILES string of the molecule is CCN(CC)S(=O)(=O)c1cc(C(=O)Nc2nnc(-c3ccccc3)s2)ccc1Cl. The number of sulfonamides is 1. The Morgan fingerprint density at radius 2 is 1.79 bits per heavy atom. The van der Waals surface area contributed by atoms with Gasteiger partial charge in [-0.2, -0.15) is 4.31 Å². The van der Waals surface area contributed by atoms with E-state index in [1.807, 2.05) is 30.3 Å². The molecule has 0 unspecified atom stereocenters. The number of aromatic nitrogens is 2. The molecular weight excluding hydrogens is 432 g/mol. The van der Waals surface area contributed by atoms with Gasteiger partial charge in [0.2, 0.25) is 15.2 Å². The third-order valence-electron chi connectivity index (χ3n) is 4.18. The first-order valence-electron chi connectivity index (χ1n) is 8.86. The summed E-state index contributed by atoms with van der Waals surface area (Å²) in [4.78, 5) is 12.5. The van der Waals surface area contributed by atoms with Crippen LogP contribution in [0.4, 0.5) is 5.13 Å². The van der Waals surface area contributed by atoms with Crippen molar-refractivity contribution in [3.8, 4) is 10.6 Å². The van der Waals surface area contributed by atoms with Gasteiger partial charge in [0.1, 0.15) is 9.90 Å². The number of nitrogens with one attached hydrogen (secondary N) is 1. The number of halogens is 1. The summed E-state index contributed by atoms with van der Waals surface area (Å²) in [7, 11) is -3.80. The first-order chi connectivity index (χ1) is 13.9. The minimum atomic E-state index is -3.80. The van der Waals surface area contributed by atoms with E-state index in [1.54, 1.807) is 13.8 Å². The van der Waals surface area contributed by atoms with E-state index in [4.69, 9.17) is 11.6 Å². The van der Waals surface area contributed by atoms with Crippen molar-refractivity contribution in [3.63, 3.8) is 0 Å². The molecule has 3 rings (SSSR count). The van der Waals surface area contributed by atoms with E-state index >= 15 is 0 Å². The highest BCUT2D eigenvalue weighted by Gasteiger charge is 2.25. The van der Waals surface area contributed by atoms with Gasteiger partial charge in [0.25, 0.3) is 5.91 Å². The lowest BCUT2D eigenvalue weighted by atomic mass is 10.2. The van der Waals surface area contributed by atoms with Crippen molar-refractivity contribution in [2.75, 3.05) is 18.4 Å². The van der Waals surface area contributed by atoms with E-state index in [9.17, 15) is 13.2 Å². The average Bonchev–Trinajstić information content (AvgIpc) is 3.18. The highest BCUT2D eigenvalue weighted by atomic mass is 35.5. The predicted molar refractivity (Wildman–Crippen MR) is 115 cm³/mol. The zero-order valence-electron chi connectivity index (χ0n) is 15.8. The summed E-state index contributed by atoms with van der Waals surface area (Å²) in [6.45, 7) is 4.09. The average molecular weight is 451 g/mol. The smallest absolute Gasteiger partial charge is 0.257 e. The molecule has 10 heteroatoms. The van der Waals surface area contributed by atoms with Crippen LogP contribution in [0.15, 0.2) is 53.4 Å². The molecule has 29 heavy (non-hydrogen) atoms. The number of anilines is 1. The summed E-state index contributed by atoms with van der Waals surface area (Å²) < 4.78 is 26.9. The molecule has 1 N–H and O–H groups in total. The van der Waals surface area contributed by atoms with Crippen LogP contribution in [0.1, 0.15) is 24.2 Å². The highest BCUT2D eigenvalue weighted by molar-refractivity contribution is 7.89. The Kier molecular flexibility index (Phi) is 6.63. The Morgan fingerprint density at radius 3 is 2.45 bits per heavy atom. The number of carbonyl (C=O) groups excluding carboxylic acids is 1. The number of amides is 1. The molecule has 152 valence electrons. The summed E-state index contributed by atoms with van der Waals surface area (Å²) in [6, 6.07) is 13.6. The zero-order chi connectivity index (χ0) is 21.0. The van der Waals surface area contributed by atoms with Gasteiger partial charge in [0.05, 0.1) is 5.02 Å². The van der Waals surface area contributed by atoms with Crippen molar-refractivity contribution in [3.05, 3.63) is 59.1 Å². The molecule has 7 nitrogen and oxygen atoms in total. The van der Waals surface area contributed by atoms with Crippen molar-refractivity contribution in [1.29, 1.82) is 0 Å². The molecule has 2 aromatic carbocycles. The Hall–Kier alpha value is -2.33. The first-order valence-corrected chi connectivity index (χ1v) is 11.5. The van der Waals surface area contributed by atoms with E-state index in [2.05, 4.69) is 15.5 Å². The minimum Gasteiger partial charge on any atom is -0.296 e. The van der Waals surface area contributed by atoms with Gasteiger partial charge in [-0.3, -0.25) is 10.1 Å². The third kappa shape index (κ3) is 4.64. The fourth-order valence-corrected chi connectivity index (χ4v) is 5.39. The summed E-state index contributed by atoms with van der Waals surface area (Å²) >= 11 is 7.34. The first kappa shape index (κ1) is 21.4. The van der Waals surface area contributed by atoms with Crippen molar-refractivity contribution in [2.45, 2.75) is 18.7 Å². The molecule has 0 fully saturated rings. The lowest BCUT2D eigenvalue weighted by Crippen LogP contribution is -2.31. The van der Waals surface area contributed by atoms with Crippen LogP contribution in [0, 0.1) is 0 Å². The van der Waals surface area contributed by atoms with Crippen LogP contribution >= 0.6 is 22.9 Å². The summed E-state index contributed by atoms with van der Waals surface area (Å²) in [6.07, 6.45) is 0. The normalized spacial score (nSPS) is 11.6. The molecule has 0 spiro atoms. The largest absolute Gasteiger partial charge is 0.296 e. The lowest BCUT2D eigenvalue weighted by molar-refractivity contribution is 0.102. The molecule has 1 heterocycles. The number of hydrogen-bond donors (Lipinski definition) is 1. The number of hydrogen-bond acceptors (Lipinski definition) is 6. The van der Waals surface area contributed by atoms with E-state index in [0.29, 0.717) is 23.2 Å². The Bertz CT molecular complexity index is 1110. The fourth-order valence-electron chi connectivity index (χ4n) is 2.69. The van der Waals surface area contributed by atoms with E-state index in [1.165, 1.54) is 33.8 Å². The number of rotatable bonds is 7. The number of benzene rings is 2. The molecule has 0 saturated carbocycles. The summed E-state index contributed by atoms with van der Waals surface area (Å²) in [5.41, 5.74) is 1.06. The topological polar surface area (TPSA) is 92.3 Å². The van der Waals surface area contributed by atoms with Crippen molar-refractivity contribution < 1.29 is 13.2 Å². The summed E-state index contributed by atoms with van der Waals surface area (Å²) in [5, 5.41) is 11.8. The van der Waals surface area contributed by atoms with E-state index in [0.717, 1.165) is 5.56 Å². The highest BCUT2D eigenvalue weighted by Crippen LogP contribution is 2.28. The monoisotopic (exact) mass is 450 g/mol. The maximum atomic E-state index is 12.8. The quantitative estimate of drug-likeness (QED) is 0.584. The van der Waals surface area contributed by atoms with Gasteiger partial charge in [-0.15, -0.1) is 10.2 Å². The molecule has 0 radical (unpaired) electrons. The van der Waals surface area contributed by atoms with Crippen molar-refractivity contribution in [1.82, 2.24) is 14.5 Å². The number of nitrogens with zero attached hydrogens (tertiary/aromatic N) is 3. The second-order valence-corrected chi connectivity index (χ2v) is 9.26. The standard InChI is InChI=1S/C19H19ClN4O3S2/c1-3-24(4-2)29(26,27)16-12-14(10-11-15(16)20)17(25)21-19-23-22-18(28-19)13-8-6-5-7-9-13/h5-12H,3-4H2,1-2H3,(H,21,23,25). The van der Waals surface area contributed by atoms with Crippen LogP contribution in [0.2, 0.25) is 5.02 Å². The molecule has 0 aliphatic rings. The number of carbonyl (C=O) groups is 1.